The van der Waals surface area contributed by atoms with Crippen LogP contribution in [-0.2, 0) is 27.0 Å². The zero-order valence-corrected chi connectivity index (χ0v) is 20.1. The lowest BCUT2D eigenvalue weighted by Gasteiger charge is -2.34. The first kappa shape index (κ1) is 24.1. The third kappa shape index (κ3) is 6.45. The predicted octanol–water partition coefficient (Wildman–Crippen LogP) is 4.67. The first-order valence-corrected chi connectivity index (χ1v) is 12.7. The van der Waals surface area contributed by atoms with Crippen LogP contribution in [0.15, 0.2) is 48.5 Å². The molecule has 1 saturated heterocycles. The number of carbonyl (C=O) groups is 1. The van der Waals surface area contributed by atoms with Crippen molar-refractivity contribution in [3.63, 3.8) is 0 Å². The number of hydrogen-bond acceptors (Lipinski definition) is 3. The fourth-order valence-corrected chi connectivity index (χ4v) is 6.30. The number of amides is 1. The molecule has 1 amide bonds. The molecule has 0 aliphatic carbocycles. The molecule has 0 spiro atoms. The van der Waals surface area contributed by atoms with Gasteiger partial charge >= 0.3 is 0 Å². The third-order valence-electron chi connectivity index (χ3n) is 5.49. The second kappa shape index (κ2) is 9.90. The molecule has 1 fully saturated rings. The highest BCUT2D eigenvalue weighted by Crippen LogP contribution is 2.29. The molecular formula is C23H28Cl2N2O3S. The Bertz CT molecular complexity index is 1010. The van der Waals surface area contributed by atoms with E-state index >= 15 is 0 Å². The SMILES string of the molecule is CC(C)(Cc1ccccc1)NC(=O)[C@@H]1CCCN(S(=O)(=O)Cc2c(Cl)cccc2Cl)C1. The van der Waals surface area contributed by atoms with Gasteiger partial charge in [0.15, 0.2) is 0 Å². The Morgan fingerprint density at radius 2 is 1.74 bits per heavy atom. The largest absolute Gasteiger partial charge is 0.351 e. The first-order chi connectivity index (χ1) is 14.6. The average Bonchev–Trinajstić information content (AvgIpc) is 2.71. The number of hydrogen-bond donors (Lipinski definition) is 1. The number of sulfonamides is 1. The van der Waals surface area contributed by atoms with Crippen LogP contribution < -0.4 is 5.32 Å². The van der Waals surface area contributed by atoms with Gasteiger partial charge < -0.3 is 5.32 Å². The van der Waals surface area contributed by atoms with Gasteiger partial charge in [-0.3, -0.25) is 4.79 Å². The first-order valence-electron chi connectivity index (χ1n) is 10.3. The number of halogens is 2. The van der Waals surface area contributed by atoms with Gasteiger partial charge in [-0.15, -0.1) is 0 Å². The van der Waals surface area contributed by atoms with Crippen LogP contribution >= 0.6 is 23.2 Å². The van der Waals surface area contributed by atoms with Crippen molar-refractivity contribution in [2.24, 2.45) is 5.92 Å². The molecule has 1 N–H and O–H groups in total. The second-order valence-electron chi connectivity index (χ2n) is 8.69. The van der Waals surface area contributed by atoms with Crippen LogP contribution in [0.25, 0.3) is 0 Å². The number of rotatable bonds is 7. The lowest BCUT2D eigenvalue weighted by molar-refractivity contribution is -0.127. The summed E-state index contributed by atoms with van der Waals surface area (Å²) in [7, 11) is -3.66. The van der Waals surface area contributed by atoms with Gasteiger partial charge in [0.25, 0.3) is 0 Å². The van der Waals surface area contributed by atoms with E-state index in [4.69, 9.17) is 23.2 Å². The summed E-state index contributed by atoms with van der Waals surface area (Å²) in [6, 6.07) is 14.9. The zero-order valence-electron chi connectivity index (χ0n) is 17.8. The van der Waals surface area contributed by atoms with Crippen molar-refractivity contribution in [2.45, 2.75) is 44.4 Å². The maximum atomic E-state index is 13.0. The monoisotopic (exact) mass is 482 g/mol. The minimum Gasteiger partial charge on any atom is -0.351 e. The van der Waals surface area contributed by atoms with E-state index in [0.29, 0.717) is 41.4 Å². The summed E-state index contributed by atoms with van der Waals surface area (Å²) in [5.41, 5.74) is 1.09. The highest BCUT2D eigenvalue weighted by atomic mass is 35.5. The molecular weight excluding hydrogens is 455 g/mol. The fraction of sp³-hybridized carbons (Fsp3) is 0.435. The molecule has 1 aliphatic heterocycles. The minimum atomic E-state index is -3.66. The molecule has 0 bridgehead atoms. The number of nitrogens with zero attached hydrogens (tertiary/aromatic N) is 1. The zero-order chi connectivity index (χ0) is 22.6. The summed E-state index contributed by atoms with van der Waals surface area (Å²) in [4.78, 5) is 13.0. The quantitative estimate of drug-likeness (QED) is 0.623. The normalized spacial score (nSPS) is 18.0. The molecule has 2 aromatic carbocycles. The topological polar surface area (TPSA) is 66.5 Å². The molecule has 3 rings (SSSR count). The van der Waals surface area contributed by atoms with E-state index in [1.165, 1.54) is 4.31 Å². The van der Waals surface area contributed by atoms with Crippen molar-refractivity contribution in [1.82, 2.24) is 9.62 Å². The average molecular weight is 483 g/mol. The van der Waals surface area contributed by atoms with Crippen molar-refractivity contribution in [3.8, 4) is 0 Å². The van der Waals surface area contributed by atoms with Crippen LogP contribution in [0.4, 0.5) is 0 Å². The van der Waals surface area contributed by atoms with E-state index in [9.17, 15) is 13.2 Å². The Hall–Kier alpha value is -1.60. The Morgan fingerprint density at radius 3 is 2.39 bits per heavy atom. The molecule has 31 heavy (non-hydrogen) atoms. The fourth-order valence-electron chi connectivity index (χ4n) is 3.94. The maximum Gasteiger partial charge on any atom is 0.224 e. The molecule has 5 nitrogen and oxygen atoms in total. The van der Waals surface area contributed by atoms with Gasteiger partial charge in [0.1, 0.15) is 0 Å². The summed E-state index contributed by atoms with van der Waals surface area (Å²) >= 11 is 12.3. The van der Waals surface area contributed by atoms with Crippen molar-refractivity contribution in [2.75, 3.05) is 13.1 Å². The molecule has 8 heteroatoms. The summed E-state index contributed by atoms with van der Waals surface area (Å²) in [6.45, 7) is 4.52. The number of carbonyl (C=O) groups excluding carboxylic acids is 1. The smallest absolute Gasteiger partial charge is 0.224 e. The molecule has 2 aromatic rings. The van der Waals surface area contributed by atoms with Gasteiger partial charge in [-0.05, 0) is 50.8 Å². The molecule has 1 aliphatic rings. The number of benzene rings is 2. The summed E-state index contributed by atoms with van der Waals surface area (Å²) in [5.74, 6) is -0.781. The standard InChI is InChI=1S/C23H28Cl2N2O3S/c1-23(2,14-17-8-4-3-5-9-17)26-22(28)18-10-7-13-27(15-18)31(29,30)16-19-20(24)11-6-12-21(19)25/h3-6,8-9,11-12,18H,7,10,13-16H2,1-2H3,(H,26,28)/t18-/m1/s1. The van der Waals surface area contributed by atoms with Crippen LogP contribution in [0.2, 0.25) is 10.0 Å². The molecule has 0 aromatic heterocycles. The molecule has 0 radical (unpaired) electrons. The summed E-state index contributed by atoms with van der Waals surface area (Å²) < 4.78 is 27.5. The lowest BCUT2D eigenvalue weighted by atomic mass is 9.92. The van der Waals surface area contributed by atoms with E-state index in [1.807, 2.05) is 44.2 Å². The molecule has 0 unspecified atom stereocenters. The van der Waals surface area contributed by atoms with Gasteiger partial charge in [0.2, 0.25) is 15.9 Å². The van der Waals surface area contributed by atoms with Crippen LogP contribution in [0.1, 0.15) is 37.8 Å². The lowest BCUT2D eigenvalue weighted by Crippen LogP contribution is -2.51. The summed E-state index contributed by atoms with van der Waals surface area (Å²) in [5, 5.41) is 3.76. The highest BCUT2D eigenvalue weighted by molar-refractivity contribution is 7.88. The van der Waals surface area contributed by atoms with Gasteiger partial charge in [-0.25, -0.2) is 12.7 Å². The van der Waals surface area contributed by atoms with E-state index in [1.54, 1.807) is 18.2 Å². The highest BCUT2D eigenvalue weighted by Gasteiger charge is 2.34. The molecule has 1 atom stereocenters. The van der Waals surface area contributed by atoms with Gasteiger partial charge in [-0.2, -0.15) is 0 Å². The molecule has 1 heterocycles. The molecule has 0 saturated carbocycles. The van der Waals surface area contributed by atoms with Crippen LogP contribution in [0.3, 0.4) is 0 Å². The molecule has 168 valence electrons. The van der Waals surface area contributed by atoms with Gasteiger partial charge in [0.05, 0.1) is 11.7 Å². The van der Waals surface area contributed by atoms with Crippen molar-refractivity contribution in [3.05, 3.63) is 69.7 Å². The van der Waals surface area contributed by atoms with E-state index < -0.39 is 15.6 Å². The summed E-state index contributed by atoms with van der Waals surface area (Å²) in [6.07, 6.45) is 1.98. The Morgan fingerprint density at radius 1 is 1.10 bits per heavy atom. The Kier molecular flexibility index (Phi) is 7.68. The van der Waals surface area contributed by atoms with Crippen molar-refractivity contribution in [1.29, 1.82) is 0 Å². The minimum absolute atomic E-state index is 0.114. The Balaban J connectivity index is 1.66. The van der Waals surface area contributed by atoms with Crippen LogP contribution in [0, 0.1) is 5.92 Å². The van der Waals surface area contributed by atoms with E-state index in [2.05, 4.69) is 5.32 Å². The maximum absolute atomic E-state index is 13.0. The Labute approximate surface area is 194 Å². The second-order valence-corrected chi connectivity index (χ2v) is 11.5. The van der Waals surface area contributed by atoms with E-state index in [0.717, 1.165) is 5.56 Å². The van der Waals surface area contributed by atoms with Crippen LogP contribution in [0.5, 0.6) is 0 Å². The van der Waals surface area contributed by atoms with E-state index in [-0.39, 0.29) is 24.1 Å². The van der Waals surface area contributed by atoms with Crippen molar-refractivity contribution >= 4 is 39.1 Å². The predicted molar refractivity (Wildman–Crippen MR) is 126 cm³/mol. The van der Waals surface area contributed by atoms with Gasteiger partial charge in [0, 0.05) is 34.2 Å². The van der Waals surface area contributed by atoms with Crippen molar-refractivity contribution < 1.29 is 13.2 Å². The third-order valence-corrected chi connectivity index (χ3v) is 7.97. The van der Waals surface area contributed by atoms with Gasteiger partial charge in [-0.1, -0.05) is 59.6 Å². The number of nitrogens with one attached hydrogen (secondary N) is 1. The number of piperidine rings is 1. The van der Waals surface area contributed by atoms with Crippen LogP contribution in [-0.4, -0.2) is 37.3 Å².